The first-order chi connectivity index (χ1) is 7.20. The fourth-order valence-electron chi connectivity index (χ4n) is 1.62. The van der Waals surface area contributed by atoms with Crippen molar-refractivity contribution in [3.63, 3.8) is 0 Å². The normalized spacial score (nSPS) is 24.1. The lowest BCUT2D eigenvalue weighted by Crippen LogP contribution is -2.43. The molecule has 1 rings (SSSR count). The summed E-state index contributed by atoms with van der Waals surface area (Å²) in [6.07, 6.45) is -0.345. The number of carboxylic acids is 1. The predicted octanol–water partition coefficient (Wildman–Crippen LogP) is 0.829. The minimum absolute atomic E-state index is 0. The van der Waals surface area contributed by atoms with Gasteiger partial charge in [0.05, 0.1) is 0 Å². The van der Waals surface area contributed by atoms with Crippen LogP contribution in [0.2, 0.25) is 0 Å². The molecule has 1 fully saturated rings. The van der Waals surface area contributed by atoms with Gasteiger partial charge < -0.3 is 15.6 Å². The summed E-state index contributed by atoms with van der Waals surface area (Å²) in [6, 6.07) is -1.17. The summed E-state index contributed by atoms with van der Waals surface area (Å²) in [6.45, 7) is 5.43. The van der Waals surface area contributed by atoms with Gasteiger partial charge >= 0.3 is 12.1 Å². The number of amides is 1. The zero-order valence-corrected chi connectivity index (χ0v) is 11.0. The van der Waals surface area contributed by atoms with Gasteiger partial charge in [0.1, 0.15) is 11.6 Å². The Labute approximate surface area is 107 Å². The first-order valence-corrected chi connectivity index (χ1v) is 5.18. The molecule has 0 aromatic carbocycles. The molecule has 1 saturated heterocycles. The van der Waals surface area contributed by atoms with E-state index in [-0.39, 0.29) is 31.4 Å². The van der Waals surface area contributed by atoms with Crippen molar-refractivity contribution in [2.24, 2.45) is 5.73 Å². The monoisotopic (exact) mass is 266 g/mol. The SMILES string of the molecule is CC(C)(C)OC(=O)N1C[C@@H](N)C[C@H]1C(=O)O.Cl. The Morgan fingerprint density at radius 2 is 1.94 bits per heavy atom. The van der Waals surface area contributed by atoms with Gasteiger partial charge in [-0.2, -0.15) is 0 Å². The molecule has 3 N–H and O–H groups in total. The molecular weight excluding hydrogens is 248 g/mol. The molecular formula is C10H19ClN2O4. The number of hydrogen-bond donors (Lipinski definition) is 2. The summed E-state index contributed by atoms with van der Waals surface area (Å²) >= 11 is 0. The van der Waals surface area contributed by atoms with Crippen molar-refractivity contribution in [1.29, 1.82) is 0 Å². The highest BCUT2D eigenvalue weighted by molar-refractivity contribution is 5.85. The second-order valence-corrected chi connectivity index (χ2v) is 4.98. The van der Waals surface area contributed by atoms with Crippen molar-refractivity contribution >= 4 is 24.5 Å². The maximum Gasteiger partial charge on any atom is 0.411 e. The molecule has 1 aliphatic heterocycles. The molecule has 0 aromatic rings. The van der Waals surface area contributed by atoms with Crippen LogP contribution >= 0.6 is 12.4 Å². The molecule has 100 valence electrons. The summed E-state index contributed by atoms with van der Waals surface area (Å²) in [7, 11) is 0. The van der Waals surface area contributed by atoms with Gasteiger partial charge in [-0.25, -0.2) is 9.59 Å². The summed E-state index contributed by atoms with van der Waals surface area (Å²) in [5.41, 5.74) is 5.01. The lowest BCUT2D eigenvalue weighted by atomic mass is 10.2. The Balaban J connectivity index is 0.00000256. The van der Waals surface area contributed by atoms with Crippen LogP contribution in [0, 0.1) is 0 Å². The molecule has 0 saturated carbocycles. The molecule has 0 radical (unpaired) electrons. The minimum Gasteiger partial charge on any atom is -0.480 e. The molecule has 0 bridgehead atoms. The van der Waals surface area contributed by atoms with Crippen LogP contribution in [0.3, 0.4) is 0 Å². The second kappa shape index (κ2) is 5.55. The van der Waals surface area contributed by atoms with Gasteiger partial charge in [-0.1, -0.05) is 0 Å². The molecule has 1 heterocycles. The van der Waals surface area contributed by atoms with E-state index in [1.54, 1.807) is 20.8 Å². The van der Waals surface area contributed by atoms with Crippen molar-refractivity contribution in [1.82, 2.24) is 4.90 Å². The first-order valence-electron chi connectivity index (χ1n) is 5.18. The lowest BCUT2D eigenvalue weighted by molar-refractivity contribution is -0.142. The quantitative estimate of drug-likeness (QED) is 0.733. The van der Waals surface area contributed by atoms with Crippen LogP contribution in [0.25, 0.3) is 0 Å². The molecule has 2 atom stereocenters. The molecule has 7 heteroatoms. The number of rotatable bonds is 1. The zero-order chi connectivity index (χ0) is 12.5. The van der Waals surface area contributed by atoms with Crippen LogP contribution in [-0.4, -0.2) is 46.3 Å². The average molecular weight is 267 g/mol. The Hall–Kier alpha value is -1.01. The van der Waals surface area contributed by atoms with Crippen LogP contribution in [0.15, 0.2) is 0 Å². The number of likely N-dealkylation sites (tertiary alicyclic amines) is 1. The smallest absolute Gasteiger partial charge is 0.411 e. The van der Waals surface area contributed by atoms with Crippen molar-refractivity contribution in [3.05, 3.63) is 0 Å². The fourth-order valence-corrected chi connectivity index (χ4v) is 1.62. The van der Waals surface area contributed by atoms with Crippen LogP contribution in [0.1, 0.15) is 27.2 Å². The third-order valence-corrected chi connectivity index (χ3v) is 2.25. The highest BCUT2D eigenvalue weighted by Crippen LogP contribution is 2.20. The first kappa shape index (κ1) is 16.0. The number of halogens is 1. The number of hydrogen-bond acceptors (Lipinski definition) is 4. The Morgan fingerprint density at radius 3 is 2.35 bits per heavy atom. The van der Waals surface area contributed by atoms with Crippen LogP contribution in [0.5, 0.6) is 0 Å². The molecule has 1 aliphatic rings. The number of aliphatic carboxylic acids is 1. The van der Waals surface area contributed by atoms with Gasteiger partial charge in [0.25, 0.3) is 0 Å². The second-order valence-electron chi connectivity index (χ2n) is 4.98. The fraction of sp³-hybridized carbons (Fsp3) is 0.800. The third-order valence-electron chi connectivity index (χ3n) is 2.25. The van der Waals surface area contributed by atoms with E-state index < -0.39 is 23.7 Å². The molecule has 17 heavy (non-hydrogen) atoms. The third kappa shape index (κ3) is 4.40. The maximum absolute atomic E-state index is 11.7. The van der Waals surface area contributed by atoms with E-state index in [0.29, 0.717) is 0 Å². The number of nitrogens with two attached hydrogens (primary N) is 1. The van der Waals surface area contributed by atoms with E-state index in [9.17, 15) is 9.59 Å². The molecule has 0 unspecified atom stereocenters. The zero-order valence-electron chi connectivity index (χ0n) is 10.2. The van der Waals surface area contributed by atoms with E-state index in [0.717, 1.165) is 0 Å². The van der Waals surface area contributed by atoms with E-state index >= 15 is 0 Å². The van der Waals surface area contributed by atoms with Crippen LogP contribution in [-0.2, 0) is 9.53 Å². The number of carbonyl (C=O) groups is 2. The van der Waals surface area contributed by atoms with Gasteiger partial charge in [-0.3, -0.25) is 4.90 Å². The van der Waals surface area contributed by atoms with Crippen molar-refractivity contribution < 1.29 is 19.4 Å². The predicted molar refractivity (Wildman–Crippen MR) is 64.2 cm³/mol. The number of carboxylic acid groups (broad SMARTS) is 1. The van der Waals surface area contributed by atoms with E-state index in [2.05, 4.69) is 0 Å². The average Bonchev–Trinajstić information content (AvgIpc) is 2.44. The lowest BCUT2D eigenvalue weighted by Gasteiger charge is -2.26. The van der Waals surface area contributed by atoms with Gasteiger partial charge in [-0.05, 0) is 27.2 Å². The summed E-state index contributed by atoms with van der Waals surface area (Å²) in [5.74, 6) is -1.04. The molecule has 0 aromatic heterocycles. The maximum atomic E-state index is 11.7. The largest absolute Gasteiger partial charge is 0.480 e. The molecule has 0 spiro atoms. The minimum atomic E-state index is -1.04. The van der Waals surface area contributed by atoms with Crippen molar-refractivity contribution in [2.75, 3.05) is 6.54 Å². The van der Waals surface area contributed by atoms with Crippen molar-refractivity contribution in [2.45, 2.75) is 44.9 Å². The summed E-state index contributed by atoms with van der Waals surface area (Å²) in [5, 5.41) is 8.94. The van der Waals surface area contributed by atoms with Gasteiger partial charge in [0, 0.05) is 12.6 Å². The van der Waals surface area contributed by atoms with Gasteiger partial charge in [0.2, 0.25) is 0 Å². The van der Waals surface area contributed by atoms with Crippen molar-refractivity contribution in [3.8, 4) is 0 Å². The number of ether oxygens (including phenoxy) is 1. The molecule has 0 aliphatic carbocycles. The van der Waals surface area contributed by atoms with Gasteiger partial charge in [-0.15, -0.1) is 12.4 Å². The molecule has 1 amide bonds. The highest BCUT2D eigenvalue weighted by Gasteiger charge is 2.40. The highest BCUT2D eigenvalue weighted by atomic mass is 35.5. The Kier molecular flexibility index (Phi) is 5.22. The van der Waals surface area contributed by atoms with E-state index in [1.807, 2.05) is 0 Å². The van der Waals surface area contributed by atoms with Crippen LogP contribution in [0.4, 0.5) is 4.79 Å². The number of nitrogens with zero attached hydrogens (tertiary/aromatic N) is 1. The van der Waals surface area contributed by atoms with Crippen LogP contribution < -0.4 is 5.73 Å². The Morgan fingerprint density at radius 1 is 1.41 bits per heavy atom. The summed E-state index contributed by atoms with van der Waals surface area (Å²) < 4.78 is 5.12. The molecule has 6 nitrogen and oxygen atoms in total. The van der Waals surface area contributed by atoms with Gasteiger partial charge in [0.15, 0.2) is 0 Å². The van der Waals surface area contributed by atoms with E-state index in [1.165, 1.54) is 4.90 Å². The Bertz CT molecular complexity index is 303. The topological polar surface area (TPSA) is 92.9 Å². The standard InChI is InChI=1S/C10H18N2O4.ClH/c1-10(2,3)16-9(15)12-5-6(11)4-7(12)8(13)14;/h6-7H,4-5,11H2,1-3H3,(H,13,14);1H/t6-,7-;/m0./s1. The van der Waals surface area contributed by atoms with E-state index in [4.69, 9.17) is 15.6 Å². The number of carbonyl (C=O) groups excluding carboxylic acids is 1. The summed E-state index contributed by atoms with van der Waals surface area (Å²) in [4.78, 5) is 23.8.